The summed E-state index contributed by atoms with van der Waals surface area (Å²) in [6.45, 7) is 6.80. The molecule has 1 aromatic heterocycles. The molecule has 0 radical (unpaired) electrons. The van der Waals surface area contributed by atoms with Gasteiger partial charge in [-0.2, -0.15) is 0 Å². The van der Waals surface area contributed by atoms with E-state index in [1.165, 1.54) is 5.69 Å². The first-order chi connectivity index (χ1) is 5.63. The van der Waals surface area contributed by atoms with Crippen molar-refractivity contribution in [2.75, 3.05) is 0 Å². The Bertz CT molecular complexity index is 253. The molecule has 0 spiro atoms. The number of hydrogen-bond donors (Lipinski definition) is 0. The molecule has 1 aromatic rings. The molecule has 0 saturated heterocycles. The van der Waals surface area contributed by atoms with Gasteiger partial charge in [-0.3, -0.25) is 0 Å². The number of rotatable bonds is 2. The lowest BCUT2D eigenvalue weighted by molar-refractivity contribution is -0.680. The second kappa shape index (κ2) is 3.70. The zero-order chi connectivity index (χ0) is 9.14. The summed E-state index contributed by atoms with van der Waals surface area (Å²) in [5.74, 6) is 1.34. The molecular weight excluding hydrogens is 146 g/mol. The quantitative estimate of drug-likeness (QED) is 0.590. The zero-order valence-electron chi connectivity index (χ0n) is 8.41. The topological polar surface area (TPSA) is 3.88 Å². The van der Waals surface area contributed by atoms with Crippen LogP contribution in [0.1, 0.15) is 32.4 Å². The normalized spacial score (nSPS) is 13.4. The molecule has 0 aliphatic carbocycles. The Labute approximate surface area is 75.1 Å². The third kappa shape index (κ3) is 1.84. The second-order valence-electron chi connectivity index (χ2n) is 3.77. The summed E-state index contributed by atoms with van der Waals surface area (Å²) >= 11 is 0. The van der Waals surface area contributed by atoms with Crippen LogP contribution >= 0.6 is 0 Å². The van der Waals surface area contributed by atoms with Crippen molar-refractivity contribution >= 4 is 0 Å². The van der Waals surface area contributed by atoms with E-state index in [1.54, 1.807) is 0 Å². The van der Waals surface area contributed by atoms with Gasteiger partial charge in [-0.25, -0.2) is 4.57 Å². The highest BCUT2D eigenvalue weighted by Gasteiger charge is 2.17. The first kappa shape index (κ1) is 9.24. The maximum absolute atomic E-state index is 2.28. The molecule has 0 N–H and O–H groups in total. The molecule has 1 heterocycles. The number of aromatic nitrogens is 1. The second-order valence-corrected chi connectivity index (χ2v) is 3.77. The van der Waals surface area contributed by atoms with E-state index in [0.29, 0.717) is 11.8 Å². The summed E-state index contributed by atoms with van der Waals surface area (Å²) in [6, 6.07) is 6.37. The first-order valence-electron chi connectivity index (χ1n) is 4.57. The van der Waals surface area contributed by atoms with Crippen molar-refractivity contribution in [3.05, 3.63) is 30.1 Å². The lowest BCUT2D eigenvalue weighted by Gasteiger charge is -2.12. The van der Waals surface area contributed by atoms with Crippen LogP contribution in [0.3, 0.4) is 0 Å². The Morgan fingerprint density at radius 1 is 1.17 bits per heavy atom. The van der Waals surface area contributed by atoms with Crippen LogP contribution in [0.15, 0.2) is 24.4 Å². The number of pyridine rings is 1. The SMILES string of the molecule is CC(C)[C@@H](C)c1cccc[n+]1C. The smallest absolute Gasteiger partial charge is 0.184 e. The van der Waals surface area contributed by atoms with Crippen LogP contribution in [-0.4, -0.2) is 0 Å². The average Bonchev–Trinajstić information content (AvgIpc) is 2.04. The van der Waals surface area contributed by atoms with E-state index < -0.39 is 0 Å². The number of nitrogens with zero attached hydrogens (tertiary/aromatic N) is 1. The van der Waals surface area contributed by atoms with Crippen molar-refractivity contribution in [3.63, 3.8) is 0 Å². The van der Waals surface area contributed by atoms with Crippen LogP contribution in [0, 0.1) is 5.92 Å². The van der Waals surface area contributed by atoms with Crippen LogP contribution in [-0.2, 0) is 7.05 Å². The van der Waals surface area contributed by atoms with E-state index in [1.807, 2.05) is 0 Å². The van der Waals surface area contributed by atoms with Crippen LogP contribution < -0.4 is 4.57 Å². The summed E-state index contributed by atoms with van der Waals surface area (Å²) in [5.41, 5.74) is 1.41. The number of hydrogen-bond acceptors (Lipinski definition) is 0. The third-order valence-corrected chi connectivity index (χ3v) is 2.56. The summed E-state index contributed by atoms with van der Waals surface area (Å²) in [7, 11) is 2.11. The van der Waals surface area contributed by atoms with E-state index in [-0.39, 0.29) is 0 Å². The minimum atomic E-state index is 0.635. The molecule has 0 saturated carbocycles. The Hall–Kier alpha value is -0.850. The molecule has 0 aromatic carbocycles. The summed E-state index contributed by atoms with van der Waals surface area (Å²) in [5, 5.41) is 0. The van der Waals surface area contributed by atoms with Gasteiger partial charge in [-0.15, -0.1) is 0 Å². The Balaban J connectivity index is 2.94. The van der Waals surface area contributed by atoms with Gasteiger partial charge in [0.15, 0.2) is 11.9 Å². The van der Waals surface area contributed by atoms with Crippen LogP contribution in [0.5, 0.6) is 0 Å². The van der Waals surface area contributed by atoms with Crippen molar-refractivity contribution in [3.8, 4) is 0 Å². The van der Waals surface area contributed by atoms with Gasteiger partial charge in [0.2, 0.25) is 0 Å². The van der Waals surface area contributed by atoms with Crippen LogP contribution in [0.2, 0.25) is 0 Å². The third-order valence-electron chi connectivity index (χ3n) is 2.56. The Morgan fingerprint density at radius 2 is 1.83 bits per heavy atom. The highest BCUT2D eigenvalue weighted by Crippen LogP contribution is 2.19. The first-order valence-corrected chi connectivity index (χ1v) is 4.57. The van der Waals surface area contributed by atoms with Gasteiger partial charge in [-0.1, -0.05) is 26.8 Å². The maximum Gasteiger partial charge on any atom is 0.184 e. The summed E-state index contributed by atoms with van der Waals surface area (Å²) < 4.78 is 2.20. The van der Waals surface area contributed by atoms with Crippen molar-refractivity contribution in [2.45, 2.75) is 26.7 Å². The zero-order valence-corrected chi connectivity index (χ0v) is 8.41. The highest BCUT2D eigenvalue weighted by atomic mass is 14.9. The largest absolute Gasteiger partial charge is 0.205 e. The van der Waals surface area contributed by atoms with Crippen LogP contribution in [0.25, 0.3) is 0 Å². The molecule has 0 unspecified atom stereocenters. The van der Waals surface area contributed by atoms with Gasteiger partial charge in [0.05, 0.1) is 0 Å². The van der Waals surface area contributed by atoms with Crippen molar-refractivity contribution < 1.29 is 4.57 Å². The molecule has 0 fully saturated rings. The fourth-order valence-corrected chi connectivity index (χ4v) is 1.35. The minimum Gasteiger partial charge on any atom is -0.205 e. The highest BCUT2D eigenvalue weighted by molar-refractivity contribution is 5.03. The lowest BCUT2D eigenvalue weighted by atomic mass is 9.94. The maximum atomic E-state index is 2.28. The Kier molecular flexibility index (Phi) is 2.85. The van der Waals surface area contributed by atoms with Crippen LogP contribution in [0.4, 0.5) is 0 Å². The van der Waals surface area contributed by atoms with Crippen molar-refractivity contribution in [2.24, 2.45) is 13.0 Å². The average molecular weight is 164 g/mol. The molecule has 0 aliphatic rings. The van der Waals surface area contributed by atoms with E-state index in [0.717, 1.165) is 0 Å². The van der Waals surface area contributed by atoms with E-state index in [4.69, 9.17) is 0 Å². The molecule has 12 heavy (non-hydrogen) atoms. The molecule has 1 nitrogen and oxygen atoms in total. The van der Waals surface area contributed by atoms with Gasteiger partial charge in [0, 0.05) is 18.1 Å². The molecule has 1 rings (SSSR count). The minimum absolute atomic E-state index is 0.635. The van der Waals surface area contributed by atoms with E-state index >= 15 is 0 Å². The summed E-state index contributed by atoms with van der Waals surface area (Å²) in [6.07, 6.45) is 2.11. The van der Waals surface area contributed by atoms with Gasteiger partial charge in [0.25, 0.3) is 0 Å². The van der Waals surface area contributed by atoms with Crippen molar-refractivity contribution in [1.29, 1.82) is 0 Å². The van der Waals surface area contributed by atoms with E-state index in [2.05, 4.69) is 56.8 Å². The lowest BCUT2D eigenvalue weighted by Crippen LogP contribution is -2.34. The standard InChI is InChI=1S/C11H18N/c1-9(2)10(3)11-7-5-6-8-12(11)4/h5-10H,1-4H3/q+1/t10-/m1/s1. The summed E-state index contributed by atoms with van der Waals surface area (Å²) in [4.78, 5) is 0. The molecule has 1 atom stereocenters. The molecule has 0 bridgehead atoms. The molecule has 0 amide bonds. The fraction of sp³-hybridized carbons (Fsp3) is 0.545. The molecule has 0 aliphatic heterocycles. The predicted molar refractivity (Wildman–Crippen MR) is 50.9 cm³/mol. The van der Waals surface area contributed by atoms with Gasteiger partial charge in [-0.05, 0) is 5.92 Å². The fourth-order valence-electron chi connectivity index (χ4n) is 1.35. The molecule has 66 valence electrons. The van der Waals surface area contributed by atoms with Gasteiger partial charge >= 0.3 is 0 Å². The van der Waals surface area contributed by atoms with Crippen molar-refractivity contribution in [1.82, 2.24) is 0 Å². The number of aryl methyl sites for hydroxylation is 1. The van der Waals surface area contributed by atoms with Gasteiger partial charge < -0.3 is 0 Å². The molecular formula is C11H18N+. The predicted octanol–water partition coefficient (Wildman–Crippen LogP) is 2.27. The Morgan fingerprint density at radius 3 is 2.33 bits per heavy atom. The van der Waals surface area contributed by atoms with Gasteiger partial charge in [0.1, 0.15) is 7.05 Å². The molecule has 1 heteroatoms. The monoisotopic (exact) mass is 164 g/mol. The van der Waals surface area contributed by atoms with E-state index in [9.17, 15) is 0 Å².